The molecule has 2 aromatic heterocycles. The number of thiophene rings is 1. The van der Waals surface area contributed by atoms with E-state index < -0.39 is 17.8 Å². The van der Waals surface area contributed by atoms with Crippen molar-refractivity contribution in [3.63, 3.8) is 0 Å². The molecule has 2 heterocycles. The van der Waals surface area contributed by atoms with Crippen LogP contribution < -0.4 is 0 Å². The number of nitrogens with zero attached hydrogens (tertiary/aromatic N) is 2. The summed E-state index contributed by atoms with van der Waals surface area (Å²) in [6.07, 6.45) is -1.84. The Kier molecular flexibility index (Phi) is 4.45. The predicted octanol–water partition coefficient (Wildman–Crippen LogP) is 4.96. The Morgan fingerprint density at radius 3 is 2.48 bits per heavy atom. The maximum Gasteiger partial charge on any atom is 0.433 e. The lowest BCUT2D eigenvalue weighted by atomic mass is 10.2. The van der Waals surface area contributed by atoms with Crippen LogP contribution in [0.5, 0.6) is 0 Å². The summed E-state index contributed by atoms with van der Waals surface area (Å²) in [6, 6.07) is 12.6. The molecule has 0 aliphatic carbocycles. The molecule has 0 amide bonds. The average molecular weight is 364 g/mol. The van der Waals surface area contributed by atoms with Gasteiger partial charge < -0.3 is 5.11 Å². The number of carboxylic acid groups (broad SMARTS) is 1. The topological polar surface area (TPSA) is 55.1 Å². The fourth-order valence-electron chi connectivity index (χ4n) is 2.15. The van der Waals surface area contributed by atoms with Gasteiger partial charge in [0.1, 0.15) is 16.3 Å². The van der Waals surface area contributed by atoms with Gasteiger partial charge in [-0.2, -0.15) is 18.3 Å². The van der Waals surface area contributed by atoms with Crippen molar-refractivity contribution in [1.29, 1.82) is 0 Å². The highest BCUT2D eigenvalue weighted by Crippen LogP contribution is 2.34. The van der Waals surface area contributed by atoms with E-state index in [2.05, 4.69) is 5.10 Å². The molecular weight excluding hydrogens is 353 g/mol. The minimum atomic E-state index is -4.58. The Balaban J connectivity index is 2.00. The van der Waals surface area contributed by atoms with Crippen LogP contribution >= 0.6 is 11.3 Å². The highest BCUT2D eigenvalue weighted by Gasteiger charge is 2.35. The summed E-state index contributed by atoms with van der Waals surface area (Å²) in [4.78, 5) is 11.3. The summed E-state index contributed by atoms with van der Waals surface area (Å²) in [5, 5.41) is 12.9. The number of alkyl halides is 3. The smallest absolute Gasteiger partial charge is 0.433 e. The zero-order chi connectivity index (χ0) is 18.0. The van der Waals surface area contributed by atoms with Crippen molar-refractivity contribution >= 4 is 29.6 Å². The minimum absolute atomic E-state index is 0.0398. The van der Waals surface area contributed by atoms with Gasteiger partial charge in [-0.25, -0.2) is 9.48 Å². The first-order valence-corrected chi connectivity index (χ1v) is 7.90. The number of aromatic nitrogens is 2. The summed E-state index contributed by atoms with van der Waals surface area (Å²) >= 11 is 0.874. The molecular formula is C17H11F3N2O2S. The van der Waals surface area contributed by atoms with Crippen LogP contribution in [0.4, 0.5) is 13.2 Å². The van der Waals surface area contributed by atoms with Crippen molar-refractivity contribution in [3.05, 3.63) is 64.7 Å². The van der Waals surface area contributed by atoms with Crippen LogP contribution in [-0.4, -0.2) is 20.9 Å². The molecule has 0 saturated carbocycles. The molecule has 128 valence electrons. The number of hydrogen-bond acceptors (Lipinski definition) is 3. The van der Waals surface area contributed by atoms with Gasteiger partial charge in [0.05, 0.1) is 4.88 Å². The molecule has 1 N–H and O–H groups in total. The van der Waals surface area contributed by atoms with Crippen LogP contribution in [-0.2, 0) is 6.18 Å². The van der Waals surface area contributed by atoms with Gasteiger partial charge in [0.2, 0.25) is 0 Å². The number of aromatic carboxylic acids is 1. The van der Waals surface area contributed by atoms with Crippen LogP contribution in [0.2, 0.25) is 0 Å². The Morgan fingerprint density at radius 2 is 1.88 bits per heavy atom. The Hall–Kier alpha value is -2.87. The molecule has 0 bridgehead atoms. The normalized spacial score (nSPS) is 12.0. The van der Waals surface area contributed by atoms with E-state index in [1.807, 2.05) is 0 Å². The molecule has 0 aliphatic rings. The van der Waals surface area contributed by atoms with Crippen LogP contribution in [0.25, 0.3) is 22.8 Å². The molecule has 0 aliphatic heterocycles. The number of benzene rings is 1. The average Bonchev–Trinajstić information content (AvgIpc) is 3.20. The van der Waals surface area contributed by atoms with Crippen molar-refractivity contribution in [2.45, 2.75) is 6.18 Å². The van der Waals surface area contributed by atoms with Crippen molar-refractivity contribution in [2.75, 3.05) is 0 Å². The highest BCUT2D eigenvalue weighted by atomic mass is 32.1. The van der Waals surface area contributed by atoms with Gasteiger partial charge in [0, 0.05) is 6.20 Å². The van der Waals surface area contributed by atoms with E-state index in [0.29, 0.717) is 4.88 Å². The van der Waals surface area contributed by atoms with E-state index in [4.69, 9.17) is 5.11 Å². The number of carboxylic acids is 1. The molecule has 0 atom stereocenters. The van der Waals surface area contributed by atoms with Gasteiger partial charge in [0.25, 0.3) is 0 Å². The maximum atomic E-state index is 13.3. The number of carbonyl (C=O) groups is 1. The lowest BCUT2D eigenvalue weighted by Crippen LogP contribution is -2.10. The fourth-order valence-corrected chi connectivity index (χ4v) is 2.95. The molecule has 3 aromatic rings. The monoisotopic (exact) mass is 364 g/mol. The van der Waals surface area contributed by atoms with Gasteiger partial charge in [-0.1, -0.05) is 30.3 Å². The second kappa shape index (κ2) is 6.56. The third kappa shape index (κ3) is 3.80. The minimum Gasteiger partial charge on any atom is -0.477 e. The van der Waals surface area contributed by atoms with Gasteiger partial charge in [-0.3, -0.25) is 0 Å². The van der Waals surface area contributed by atoms with E-state index in [-0.39, 0.29) is 10.6 Å². The first-order chi connectivity index (χ1) is 11.8. The van der Waals surface area contributed by atoms with Crippen molar-refractivity contribution in [2.24, 2.45) is 0 Å². The number of rotatable bonds is 4. The summed E-state index contributed by atoms with van der Waals surface area (Å²) in [5.41, 5.74) is -0.126. The molecule has 0 fully saturated rings. The van der Waals surface area contributed by atoms with Crippen LogP contribution in [0, 0.1) is 0 Å². The van der Waals surface area contributed by atoms with Gasteiger partial charge >= 0.3 is 12.1 Å². The molecule has 8 heteroatoms. The Morgan fingerprint density at radius 1 is 1.16 bits per heavy atom. The molecule has 0 unspecified atom stereocenters. The van der Waals surface area contributed by atoms with Crippen molar-refractivity contribution < 1.29 is 23.1 Å². The van der Waals surface area contributed by atoms with Crippen LogP contribution in [0.3, 0.4) is 0 Å². The third-order valence-corrected chi connectivity index (χ3v) is 4.40. The zero-order valence-electron chi connectivity index (χ0n) is 12.6. The van der Waals surface area contributed by atoms with Gasteiger partial charge in [-0.05, 0) is 29.8 Å². The Bertz CT molecular complexity index is 927. The van der Waals surface area contributed by atoms with E-state index in [1.54, 1.807) is 30.3 Å². The number of halogens is 3. The summed E-state index contributed by atoms with van der Waals surface area (Å²) < 4.78 is 40.5. The van der Waals surface area contributed by atoms with Gasteiger partial charge in [-0.15, -0.1) is 11.3 Å². The SMILES string of the molecule is O=C(O)c1ccc(-c2cc(C(F)(F)F)n(C=Cc3ccccc3)n2)s1. The van der Waals surface area contributed by atoms with Crippen molar-refractivity contribution in [1.82, 2.24) is 9.78 Å². The largest absolute Gasteiger partial charge is 0.477 e. The molecule has 0 radical (unpaired) electrons. The highest BCUT2D eigenvalue weighted by molar-refractivity contribution is 7.17. The first kappa shape index (κ1) is 17.0. The first-order valence-electron chi connectivity index (χ1n) is 7.08. The summed E-state index contributed by atoms with van der Waals surface area (Å²) in [7, 11) is 0. The maximum absolute atomic E-state index is 13.3. The number of hydrogen-bond donors (Lipinski definition) is 1. The van der Waals surface area contributed by atoms with Crippen LogP contribution in [0.1, 0.15) is 20.9 Å². The summed E-state index contributed by atoms with van der Waals surface area (Å²) in [6.45, 7) is 0. The lowest BCUT2D eigenvalue weighted by molar-refractivity contribution is -0.142. The van der Waals surface area contributed by atoms with Crippen LogP contribution in [0.15, 0.2) is 48.5 Å². The molecule has 0 saturated heterocycles. The third-order valence-electron chi connectivity index (χ3n) is 3.30. The molecule has 25 heavy (non-hydrogen) atoms. The molecule has 1 aromatic carbocycles. The fraction of sp³-hybridized carbons (Fsp3) is 0.0588. The quantitative estimate of drug-likeness (QED) is 0.712. The second-order valence-electron chi connectivity index (χ2n) is 5.05. The van der Waals surface area contributed by atoms with E-state index in [9.17, 15) is 18.0 Å². The van der Waals surface area contributed by atoms with E-state index in [1.165, 1.54) is 24.4 Å². The molecule has 3 rings (SSSR count). The predicted molar refractivity (Wildman–Crippen MR) is 89.2 cm³/mol. The summed E-state index contributed by atoms with van der Waals surface area (Å²) in [5.74, 6) is -1.13. The van der Waals surface area contributed by atoms with E-state index >= 15 is 0 Å². The Labute approximate surface area is 144 Å². The standard InChI is InChI=1S/C17H11F3N2O2S/c18-17(19,20)15-10-12(13-6-7-14(25-13)16(23)24)21-22(15)9-8-11-4-2-1-3-5-11/h1-10H,(H,23,24). The molecule has 4 nitrogen and oxygen atoms in total. The zero-order valence-corrected chi connectivity index (χ0v) is 13.4. The molecule has 0 spiro atoms. The van der Waals surface area contributed by atoms with Crippen molar-refractivity contribution in [3.8, 4) is 10.6 Å². The lowest BCUT2D eigenvalue weighted by Gasteiger charge is -2.06. The van der Waals surface area contributed by atoms with E-state index in [0.717, 1.165) is 27.6 Å². The second-order valence-corrected chi connectivity index (χ2v) is 6.14. The van der Waals surface area contributed by atoms with Gasteiger partial charge in [0.15, 0.2) is 0 Å².